The van der Waals surface area contributed by atoms with Crippen LogP contribution in [-0.2, 0) is 16.0 Å². The summed E-state index contributed by atoms with van der Waals surface area (Å²) in [5.74, 6) is -0.703. The number of hydrogen-bond donors (Lipinski definition) is 1. The van der Waals surface area contributed by atoms with Crippen LogP contribution in [0, 0.1) is 10.1 Å². The van der Waals surface area contributed by atoms with Gasteiger partial charge in [0.25, 0.3) is 5.96 Å². The molecule has 0 atom stereocenters. The number of methoxy groups -OCH3 is 2. The van der Waals surface area contributed by atoms with Crippen LogP contribution < -0.4 is 5.32 Å². The van der Waals surface area contributed by atoms with Gasteiger partial charge in [-0.25, -0.2) is 10.1 Å². The molecular weight excluding hydrogens is 278 g/mol. The minimum absolute atomic E-state index is 0.175. The van der Waals surface area contributed by atoms with Crippen LogP contribution in [0.5, 0.6) is 0 Å². The highest BCUT2D eigenvalue weighted by Crippen LogP contribution is 2.19. The average molecular weight is 295 g/mol. The smallest absolute Gasteiger partial charge is 0.272 e. The summed E-state index contributed by atoms with van der Waals surface area (Å²) in [5.41, 5.74) is 0.901. The first-order valence-corrected chi connectivity index (χ1v) is 6.29. The molecule has 2 heterocycles. The summed E-state index contributed by atoms with van der Waals surface area (Å²) in [6.45, 7) is 0.993. The molecule has 1 fully saturated rings. The van der Waals surface area contributed by atoms with Crippen molar-refractivity contribution in [3.05, 3.63) is 40.2 Å². The molecule has 0 bridgehead atoms. The van der Waals surface area contributed by atoms with Gasteiger partial charge < -0.3 is 19.7 Å². The zero-order chi connectivity index (χ0) is 15.3. The lowest BCUT2D eigenvalue weighted by Crippen LogP contribution is -2.62. The second-order valence-electron chi connectivity index (χ2n) is 4.55. The third-order valence-corrected chi connectivity index (χ3v) is 3.26. The van der Waals surface area contributed by atoms with Gasteiger partial charge in [-0.15, -0.1) is 0 Å². The molecule has 1 N–H and O–H groups in total. The molecule has 0 spiro atoms. The quantitative estimate of drug-likeness (QED) is 0.464. The van der Waals surface area contributed by atoms with Crippen molar-refractivity contribution in [3.8, 4) is 0 Å². The Morgan fingerprint density at radius 3 is 2.90 bits per heavy atom. The van der Waals surface area contributed by atoms with Crippen molar-refractivity contribution in [2.45, 2.75) is 12.3 Å². The first kappa shape index (κ1) is 15.1. The maximum Gasteiger partial charge on any atom is 0.272 e. The van der Waals surface area contributed by atoms with Gasteiger partial charge >= 0.3 is 0 Å². The van der Waals surface area contributed by atoms with E-state index in [9.17, 15) is 10.1 Å². The van der Waals surface area contributed by atoms with Crippen LogP contribution in [0.15, 0.2) is 29.6 Å². The fourth-order valence-electron chi connectivity index (χ4n) is 2.12. The van der Waals surface area contributed by atoms with Crippen LogP contribution in [0.2, 0.25) is 0 Å². The molecule has 1 aromatic heterocycles. The molecular formula is C12H17N5O4. The van der Waals surface area contributed by atoms with E-state index in [1.54, 1.807) is 23.4 Å². The summed E-state index contributed by atoms with van der Waals surface area (Å²) in [4.78, 5) is 16.4. The van der Waals surface area contributed by atoms with Crippen LogP contribution in [0.3, 0.4) is 0 Å². The minimum Gasteiger partial charge on any atom is -0.350 e. The number of pyridine rings is 1. The number of rotatable bonds is 5. The summed E-state index contributed by atoms with van der Waals surface area (Å²) in [5, 5.41) is 16.2. The molecule has 1 aliphatic rings. The van der Waals surface area contributed by atoms with Gasteiger partial charge in [0, 0.05) is 33.2 Å². The number of hydrazone groups is 1. The van der Waals surface area contributed by atoms with Gasteiger partial charge in [0.1, 0.15) is 5.10 Å². The fraction of sp³-hybridized carbons (Fsp3) is 0.500. The molecule has 0 saturated carbocycles. The summed E-state index contributed by atoms with van der Waals surface area (Å²) in [6, 6.07) is 3.68. The Labute approximate surface area is 121 Å². The first-order valence-electron chi connectivity index (χ1n) is 6.29. The van der Waals surface area contributed by atoms with Crippen molar-refractivity contribution in [3.63, 3.8) is 0 Å². The van der Waals surface area contributed by atoms with Crippen LogP contribution in [0.4, 0.5) is 0 Å². The maximum absolute atomic E-state index is 10.6. The van der Waals surface area contributed by atoms with Crippen molar-refractivity contribution in [1.82, 2.24) is 15.2 Å². The third-order valence-electron chi connectivity index (χ3n) is 3.26. The zero-order valence-electron chi connectivity index (χ0n) is 11.9. The Bertz CT molecular complexity index is 518. The maximum atomic E-state index is 10.6. The molecule has 114 valence electrons. The van der Waals surface area contributed by atoms with E-state index in [1.807, 2.05) is 6.07 Å². The standard InChI is InChI=1S/C12H17N5O4/c1-20-12(21-2)8-14-11(15-17(18)19)16(9-12)7-10-4-3-5-13-6-10/h3-6H,7-9H2,1-2H3,(H,14,15). The molecule has 0 radical (unpaired) electrons. The molecule has 0 unspecified atom stereocenters. The first-order chi connectivity index (χ1) is 10.1. The number of nitrogens with one attached hydrogen (secondary N) is 1. The van der Waals surface area contributed by atoms with E-state index in [0.717, 1.165) is 5.56 Å². The van der Waals surface area contributed by atoms with Crippen LogP contribution in [0.1, 0.15) is 5.56 Å². The monoisotopic (exact) mass is 295 g/mol. The Morgan fingerprint density at radius 1 is 1.57 bits per heavy atom. The molecule has 9 nitrogen and oxygen atoms in total. The summed E-state index contributed by atoms with van der Waals surface area (Å²) in [6.07, 6.45) is 3.36. The Hall–Kier alpha value is -2.26. The number of ether oxygens (including phenoxy) is 2. The van der Waals surface area contributed by atoms with Crippen molar-refractivity contribution < 1.29 is 14.5 Å². The number of hydrogen-bond acceptors (Lipinski definition) is 5. The lowest BCUT2D eigenvalue weighted by Gasteiger charge is -2.41. The lowest BCUT2D eigenvalue weighted by molar-refractivity contribution is -0.486. The van der Waals surface area contributed by atoms with Crippen LogP contribution in [0.25, 0.3) is 0 Å². The molecule has 0 amide bonds. The van der Waals surface area contributed by atoms with Gasteiger partial charge in [-0.3, -0.25) is 4.98 Å². The van der Waals surface area contributed by atoms with Crippen molar-refractivity contribution in [2.24, 2.45) is 5.10 Å². The van der Waals surface area contributed by atoms with E-state index in [0.29, 0.717) is 13.1 Å². The molecule has 1 saturated heterocycles. The minimum atomic E-state index is -0.877. The SMILES string of the molecule is COC1(OC)CNC(=N[N+](=O)[O-])N(Cc2cccnc2)C1. The molecule has 1 aliphatic heterocycles. The fourth-order valence-corrected chi connectivity index (χ4v) is 2.12. The molecule has 0 aromatic carbocycles. The number of guanidine groups is 1. The van der Waals surface area contributed by atoms with E-state index in [2.05, 4.69) is 15.4 Å². The largest absolute Gasteiger partial charge is 0.350 e. The normalized spacial score (nSPS) is 19.3. The highest BCUT2D eigenvalue weighted by molar-refractivity contribution is 5.80. The summed E-state index contributed by atoms with van der Waals surface area (Å²) in [7, 11) is 3.06. The number of nitro groups is 1. The van der Waals surface area contributed by atoms with E-state index < -0.39 is 10.8 Å². The van der Waals surface area contributed by atoms with E-state index in [4.69, 9.17) is 9.47 Å². The van der Waals surface area contributed by atoms with Crippen molar-refractivity contribution in [1.29, 1.82) is 0 Å². The number of nitrogens with zero attached hydrogens (tertiary/aromatic N) is 4. The Morgan fingerprint density at radius 2 is 2.33 bits per heavy atom. The van der Waals surface area contributed by atoms with Gasteiger partial charge in [-0.2, -0.15) is 0 Å². The molecule has 9 heteroatoms. The highest BCUT2D eigenvalue weighted by atomic mass is 16.7. The van der Waals surface area contributed by atoms with E-state index >= 15 is 0 Å². The van der Waals surface area contributed by atoms with Crippen molar-refractivity contribution in [2.75, 3.05) is 27.3 Å². The summed E-state index contributed by atoms with van der Waals surface area (Å²) >= 11 is 0. The third kappa shape index (κ3) is 3.64. The second-order valence-corrected chi connectivity index (χ2v) is 4.55. The molecule has 0 aliphatic carbocycles. The molecule has 2 rings (SSSR count). The van der Waals surface area contributed by atoms with E-state index in [-0.39, 0.29) is 12.5 Å². The molecule has 21 heavy (non-hydrogen) atoms. The Kier molecular flexibility index (Phi) is 4.66. The number of aromatic nitrogens is 1. The van der Waals surface area contributed by atoms with Gasteiger partial charge in [0.2, 0.25) is 5.79 Å². The average Bonchev–Trinajstić information content (AvgIpc) is 2.50. The summed E-state index contributed by atoms with van der Waals surface area (Å²) < 4.78 is 10.8. The van der Waals surface area contributed by atoms with Crippen LogP contribution in [-0.4, -0.2) is 54.0 Å². The van der Waals surface area contributed by atoms with Gasteiger partial charge in [-0.05, 0) is 11.6 Å². The van der Waals surface area contributed by atoms with Gasteiger partial charge in [0.05, 0.1) is 13.1 Å². The zero-order valence-corrected chi connectivity index (χ0v) is 11.9. The topological polar surface area (TPSA) is 102 Å². The molecule has 1 aromatic rings. The second kappa shape index (κ2) is 6.46. The van der Waals surface area contributed by atoms with Gasteiger partial charge in [-0.1, -0.05) is 6.07 Å². The predicted octanol–water partition coefficient (Wildman–Crippen LogP) is 0.0236. The van der Waals surface area contributed by atoms with Crippen LogP contribution >= 0.6 is 0 Å². The lowest BCUT2D eigenvalue weighted by atomic mass is 10.2. The highest BCUT2D eigenvalue weighted by Gasteiger charge is 2.39. The van der Waals surface area contributed by atoms with Gasteiger partial charge in [0.15, 0.2) is 5.03 Å². The predicted molar refractivity (Wildman–Crippen MR) is 73.8 cm³/mol. The van der Waals surface area contributed by atoms with E-state index in [1.165, 1.54) is 14.2 Å². The Balaban J connectivity index is 2.22. The van der Waals surface area contributed by atoms with Crippen molar-refractivity contribution >= 4 is 5.96 Å².